The van der Waals surface area contributed by atoms with Crippen LogP contribution in [0.25, 0.3) is 12.2 Å². The number of hydrogen-bond donors (Lipinski definition) is 2. The van der Waals surface area contributed by atoms with Gasteiger partial charge in [-0.15, -0.1) is 0 Å². The van der Waals surface area contributed by atoms with E-state index in [2.05, 4.69) is 0 Å². The quantitative estimate of drug-likeness (QED) is 0.822. The number of carboxylic acids is 1. The Balaban J connectivity index is 2.06. The monoisotopic (exact) mass is 256 g/mol. The second-order valence-corrected chi connectivity index (χ2v) is 4.12. The molecule has 0 spiro atoms. The molecule has 1 aromatic heterocycles. The zero-order valence-corrected chi connectivity index (χ0v) is 10.2. The summed E-state index contributed by atoms with van der Waals surface area (Å²) in [5.41, 5.74) is 1.97. The fourth-order valence-corrected chi connectivity index (χ4v) is 1.62. The molecule has 2 rings (SSSR count). The molecular weight excluding hydrogens is 242 g/mol. The van der Waals surface area contributed by atoms with Gasteiger partial charge in [-0.1, -0.05) is 24.3 Å². The van der Waals surface area contributed by atoms with E-state index in [1.165, 1.54) is 0 Å². The van der Waals surface area contributed by atoms with E-state index in [1.54, 1.807) is 29.1 Å². The molecule has 1 heterocycles. The maximum atomic E-state index is 10.5. The van der Waals surface area contributed by atoms with Crippen molar-refractivity contribution in [3.8, 4) is 5.75 Å². The Labute approximate surface area is 110 Å². The van der Waals surface area contributed by atoms with Crippen molar-refractivity contribution in [3.05, 3.63) is 59.9 Å². The summed E-state index contributed by atoms with van der Waals surface area (Å²) < 4.78 is 1.60. The van der Waals surface area contributed by atoms with Crippen LogP contribution in [0, 0.1) is 0 Å². The third-order valence-electron chi connectivity index (χ3n) is 2.60. The number of nitrogens with zero attached hydrogens (tertiary/aromatic N) is 1. The smallest absolute Gasteiger partial charge is 0.370 e. The van der Waals surface area contributed by atoms with E-state index in [1.807, 2.05) is 36.4 Å². The highest BCUT2D eigenvalue weighted by Gasteiger charge is 2.05. The van der Waals surface area contributed by atoms with E-state index in [-0.39, 0.29) is 12.3 Å². The Hall–Kier alpha value is -2.62. The summed E-state index contributed by atoms with van der Waals surface area (Å²) in [7, 11) is 0. The maximum absolute atomic E-state index is 10.5. The number of rotatable bonds is 4. The Bertz CT molecular complexity index is 586. The van der Waals surface area contributed by atoms with Gasteiger partial charge in [-0.3, -0.25) is 0 Å². The van der Waals surface area contributed by atoms with Gasteiger partial charge in [0, 0.05) is 12.1 Å². The Morgan fingerprint density at radius 2 is 1.53 bits per heavy atom. The summed E-state index contributed by atoms with van der Waals surface area (Å²) in [5, 5.41) is 17.8. The number of hydrogen-bond acceptors (Lipinski definition) is 2. The van der Waals surface area contributed by atoms with Crippen LogP contribution in [0.2, 0.25) is 0 Å². The molecule has 19 heavy (non-hydrogen) atoms. The normalized spacial score (nSPS) is 10.7. The van der Waals surface area contributed by atoms with Crippen LogP contribution in [0.3, 0.4) is 0 Å². The molecule has 0 saturated carbocycles. The van der Waals surface area contributed by atoms with Gasteiger partial charge in [0.25, 0.3) is 0 Å². The molecule has 0 aliphatic heterocycles. The second-order valence-electron chi connectivity index (χ2n) is 4.12. The first-order chi connectivity index (χ1) is 9.13. The van der Waals surface area contributed by atoms with Gasteiger partial charge in [0.2, 0.25) is 6.54 Å². The van der Waals surface area contributed by atoms with Crippen LogP contribution in [0.15, 0.2) is 48.8 Å². The summed E-state index contributed by atoms with van der Waals surface area (Å²) in [4.78, 5) is 10.5. The Morgan fingerprint density at radius 3 is 2.05 bits per heavy atom. The number of aliphatic carboxylic acids is 1. The van der Waals surface area contributed by atoms with Crippen molar-refractivity contribution in [2.75, 3.05) is 0 Å². The summed E-state index contributed by atoms with van der Waals surface area (Å²) in [6, 6.07) is 10.6. The number of phenolic OH excluding ortho intramolecular Hbond substituents is 1. The number of aromatic nitrogens is 1. The second kappa shape index (κ2) is 5.82. The third-order valence-corrected chi connectivity index (χ3v) is 2.60. The zero-order chi connectivity index (χ0) is 13.7. The van der Waals surface area contributed by atoms with Gasteiger partial charge in [0.15, 0.2) is 12.4 Å². The molecule has 96 valence electrons. The van der Waals surface area contributed by atoms with E-state index in [9.17, 15) is 4.79 Å². The van der Waals surface area contributed by atoms with Gasteiger partial charge in [-0.2, -0.15) is 4.57 Å². The van der Waals surface area contributed by atoms with Gasteiger partial charge in [-0.05, 0) is 23.3 Å². The zero-order valence-electron chi connectivity index (χ0n) is 10.2. The number of benzene rings is 1. The van der Waals surface area contributed by atoms with Crippen LogP contribution < -0.4 is 4.57 Å². The van der Waals surface area contributed by atoms with Gasteiger partial charge >= 0.3 is 5.97 Å². The van der Waals surface area contributed by atoms with Crippen LogP contribution in [0.1, 0.15) is 11.1 Å². The van der Waals surface area contributed by atoms with E-state index in [0.717, 1.165) is 11.1 Å². The van der Waals surface area contributed by atoms with E-state index >= 15 is 0 Å². The molecule has 2 aromatic rings. The molecule has 0 aliphatic rings. The third kappa shape index (κ3) is 3.96. The minimum atomic E-state index is -0.864. The van der Waals surface area contributed by atoms with Crippen molar-refractivity contribution < 1.29 is 19.6 Å². The highest BCUT2D eigenvalue weighted by atomic mass is 16.4. The van der Waals surface area contributed by atoms with E-state index in [0.29, 0.717) is 0 Å². The van der Waals surface area contributed by atoms with Gasteiger partial charge in [0.1, 0.15) is 5.75 Å². The van der Waals surface area contributed by atoms with Crippen LogP contribution in [0.4, 0.5) is 0 Å². The lowest BCUT2D eigenvalue weighted by atomic mass is 10.1. The lowest BCUT2D eigenvalue weighted by Crippen LogP contribution is -2.36. The fourth-order valence-electron chi connectivity index (χ4n) is 1.62. The predicted octanol–water partition coefficient (Wildman–Crippen LogP) is 1.93. The lowest BCUT2D eigenvalue weighted by Gasteiger charge is -1.95. The van der Waals surface area contributed by atoms with Gasteiger partial charge in [-0.25, -0.2) is 4.79 Å². The van der Waals surface area contributed by atoms with Crippen LogP contribution in [-0.4, -0.2) is 16.2 Å². The van der Waals surface area contributed by atoms with Crippen molar-refractivity contribution in [3.63, 3.8) is 0 Å². The number of carbonyl (C=O) groups is 1. The summed E-state index contributed by atoms with van der Waals surface area (Å²) >= 11 is 0. The SMILES string of the molecule is O=C(O)C[n+]1ccc(/C=C/c2ccc(O)cc2)cc1. The Morgan fingerprint density at radius 1 is 1.00 bits per heavy atom. The van der Waals surface area contributed by atoms with Crippen molar-refractivity contribution in [1.82, 2.24) is 0 Å². The molecule has 2 N–H and O–H groups in total. The number of aromatic hydroxyl groups is 1. The number of phenols is 1. The minimum absolute atomic E-state index is 0.0397. The largest absolute Gasteiger partial charge is 0.508 e. The molecule has 0 radical (unpaired) electrons. The minimum Gasteiger partial charge on any atom is -0.508 e. The van der Waals surface area contributed by atoms with E-state index < -0.39 is 5.97 Å². The predicted molar refractivity (Wildman–Crippen MR) is 71.3 cm³/mol. The molecule has 0 unspecified atom stereocenters. The van der Waals surface area contributed by atoms with Crippen LogP contribution in [0.5, 0.6) is 5.75 Å². The average Bonchev–Trinajstić information content (AvgIpc) is 2.39. The molecule has 0 amide bonds. The molecule has 4 heteroatoms. The highest BCUT2D eigenvalue weighted by molar-refractivity contribution is 5.69. The van der Waals surface area contributed by atoms with Crippen LogP contribution in [-0.2, 0) is 11.3 Å². The summed E-state index contributed by atoms with van der Waals surface area (Å²) in [6.07, 6.45) is 7.31. The molecule has 0 bridgehead atoms. The lowest BCUT2D eigenvalue weighted by molar-refractivity contribution is -0.685. The molecular formula is C15H14NO3+. The summed E-state index contributed by atoms with van der Waals surface area (Å²) in [5.74, 6) is -0.621. The first kappa shape index (κ1) is 12.8. The standard InChI is InChI=1S/C15H13NO3/c17-14-5-3-12(4-6-14)1-2-13-7-9-16(10-8-13)11-15(18)19/h1-10H,11H2,(H,18,19)/p+1. The van der Waals surface area contributed by atoms with Crippen LogP contribution >= 0.6 is 0 Å². The Kier molecular flexibility index (Phi) is 3.93. The van der Waals surface area contributed by atoms with Gasteiger partial charge < -0.3 is 10.2 Å². The van der Waals surface area contributed by atoms with Gasteiger partial charge in [0.05, 0.1) is 0 Å². The molecule has 0 aliphatic carbocycles. The molecule has 1 aromatic carbocycles. The number of carboxylic acid groups (broad SMARTS) is 1. The first-order valence-corrected chi connectivity index (χ1v) is 5.81. The maximum Gasteiger partial charge on any atom is 0.370 e. The van der Waals surface area contributed by atoms with E-state index in [4.69, 9.17) is 10.2 Å². The fraction of sp³-hybridized carbons (Fsp3) is 0.0667. The van der Waals surface area contributed by atoms with Crippen molar-refractivity contribution in [2.24, 2.45) is 0 Å². The highest BCUT2D eigenvalue weighted by Crippen LogP contribution is 2.12. The topological polar surface area (TPSA) is 61.4 Å². The first-order valence-electron chi connectivity index (χ1n) is 5.81. The summed E-state index contributed by atoms with van der Waals surface area (Å²) in [6.45, 7) is -0.0397. The molecule has 0 fully saturated rings. The molecule has 0 saturated heterocycles. The number of pyridine rings is 1. The van der Waals surface area contributed by atoms with Crippen molar-refractivity contribution >= 4 is 18.1 Å². The van der Waals surface area contributed by atoms with Crippen molar-refractivity contribution in [1.29, 1.82) is 0 Å². The molecule has 4 nitrogen and oxygen atoms in total. The van der Waals surface area contributed by atoms with Crippen molar-refractivity contribution in [2.45, 2.75) is 6.54 Å². The molecule has 0 atom stereocenters. The average molecular weight is 256 g/mol.